The average Bonchev–Trinajstić information content (AvgIpc) is 2.57. The summed E-state index contributed by atoms with van der Waals surface area (Å²) < 4.78 is 27.7. The molecule has 4 nitrogen and oxygen atoms in total. The van der Waals surface area contributed by atoms with E-state index in [4.69, 9.17) is 15.1 Å². The van der Waals surface area contributed by atoms with E-state index in [1.54, 1.807) is 18.2 Å². The fourth-order valence-corrected chi connectivity index (χ4v) is 2.54. The Balaban J connectivity index is 2.46. The summed E-state index contributed by atoms with van der Waals surface area (Å²) in [7, 11) is 1.67. The lowest BCUT2D eigenvalue weighted by Gasteiger charge is -2.11. The summed E-state index contributed by atoms with van der Waals surface area (Å²) in [5, 5.41) is 0. The van der Waals surface area contributed by atoms with Gasteiger partial charge in [0, 0.05) is 16.1 Å². The number of hydrogen-bond donors (Lipinski definition) is 0. The molecule has 0 spiro atoms. The van der Waals surface area contributed by atoms with Crippen molar-refractivity contribution in [2.24, 2.45) is 0 Å². The van der Waals surface area contributed by atoms with Gasteiger partial charge in [-0.2, -0.15) is 0 Å². The molecule has 2 aromatic rings. The molecule has 0 aliphatic rings. The summed E-state index contributed by atoms with van der Waals surface area (Å²) in [4.78, 5) is 4.37. The third kappa shape index (κ3) is 3.03. The van der Waals surface area contributed by atoms with Crippen molar-refractivity contribution in [1.82, 2.24) is 4.98 Å². The predicted octanol–water partition coefficient (Wildman–Crippen LogP) is 3.19. The fraction of sp³-hybridized carbons (Fsp3) is 0.417. The van der Waals surface area contributed by atoms with Gasteiger partial charge in [0.1, 0.15) is 5.52 Å². The second-order valence-electron chi connectivity index (χ2n) is 5.25. The first-order chi connectivity index (χ1) is 8.15. The van der Waals surface area contributed by atoms with Crippen LogP contribution in [0.25, 0.3) is 11.1 Å². The van der Waals surface area contributed by atoms with Crippen molar-refractivity contribution in [2.75, 3.05) is 0 Å². The highest BCUT2D eigenvalue weighted by atomic mass is 35.7. The van der Waals surface area contributed by atoms with Gasteiger partial charge in [-0.05, 0) is 17.7 Å². The van der Waals surface area contributed by atoms with Crippen LogP contribution in [0.1, 0.15) is 32.2 Å². The minimum Gasteiger partial charge on any atom is -0.440 e. The number of benzene rings is 1. The van der Waals surface area contributed by atoms with Gasteiger partial charge < -0.3 is 4.42 Å². The summed E-state index contributed by atoms with van der Waals surface area (Å²) in [6.45, 7) is 6.01. The quantitative estimate of drug-likeness (QED) is 0.796. The number of nitrogens with zero attached hydrogens (tertiary/aromatic N) is 1. The summed E-state index contributed by atoms with van der Waals surface area (Å²) in [5.41, 5.74) is 1.72. The Morgan fingerprint density at radius 2 is 2.00 bits per heavy atom. The Hall–Kier alpha value is -1.07. The van der Waals surface area contributed by atoms with E-state index in [9.17, 15) is 8.42 Å². The zero-order valence-electron chi connectivity index (χ0n) is 10.4. The van der Waals surface area contributed by atoms with E-state index in [0.29, 0.717) is 22.6 Å². The number of fused-ring (bicyclic) bond motifs is 1. The van der Waals surface area contributed by atoms with Crippen LogP contribution in [0.4, 0.5) is 0 Å². The molecule has 1 aromatic carbocycles. The van der Waals surface area contributed by atoms with E-state index in [2.05, 4.69) is 4.98 Å². The first kappa shape index (κ1) is 13.4. The maximum absolute atomic E-state index is 11.0. The Labute approximate surface area is 110 Å². The monoisotopic (exact) mass is 287 g/mol. The lowest BCUT2D eigenvalue weighted by molar-refractivity contribution is 0.411. The van der Waals surface area contributed by atoms with Crippen molar-refractivity contribution in [3.63, 3.8) is 0 Å². The first-order valence-electron chi connectivity index (χ1n) is 5.47. The van der Waals surface area contributed by atoms with Crippen molar-refractivity contribution in [1.29, 1.82) is 0 Å². The molecule has 0 unspecified atom stereocenters. The van der Waals surface area contributed by atoms with Gasteiger partial charge in [-0.3, -0.25) is 0 Å². The van der Waals surface area contributed by atoms with Gasteiger partial charge in [0.2, 0.25) is 14.9 Å². The van der Waals surface area contributed by atoms with Gasteiger partial charge in [-0.25, -0.2) is 13.4 Å². The molecule has 98 valence electrons. The summed E-state index contributed by atoms with van der Waals surface area (Å²) in [5.74, 6) is 0.422. The van der Waals surface area contributed by atoms with E-state index in [-0.39, 0.29) is 11.2 Å². The zero-order valence-corrected chi connectivity index (χ0v) is 12.0. The van der Waals surface area contributed by atoms with Crippen LogP contribution in [0.5, 0.6) is 0 Å². The van der Waals surface area contributed by atoms with E-state index in [0.717, 1.165) is 0 Å². The molecule has 6 heteroatoms. The van der Waals surface area contributed by atoms with E-state index < -0.39 is 9.05 Å². The highest BCUT2D eigenvalue weighted by Crippen LogP contribution is 2.26. The number of oxazole rings is 1. The zero-order chi connectivity index (χ0) is 13.6. The molecular formula is C12H14ClNO3S. The second kappa shape index (κ2) is 4.24. The van der Waals surface area contributed by atoms with Crippen molar-refractivity contribution in [2.45, 2.75) is 31.9 Å². The number of halogens is 1. The van der Waals surface area contributed by atoms with E-state index in [1.165, 1.54) is 0 Å². The van der Waals surface area contributed by atoms with Crippen LogP contribution in [0, 0.1) is 0 Å². The first-order valence-corrected chi connectivity index (χ1v) is 7.95. The van der Waals surface area contributed by atoms with Gasteiger partial charge in [-0.15, -0.1) is 0 Å². The Bertz CT molecular complexity index is 683. The highest BCUT2D eigenvalue weighted by molar-refractivity contribution is 8.13. The molecule has 2 rings (SSSR count). The molecule has 1 heterocycles. The van der Waals surface area contributed by atoms with Gasteiger partial charge in [-0.1, -0.05) is 26.8 Å². The number of rotatable bonds is 2. The minimum atomic E-state index is -3.55. The van der Waals surface area contributed by atoms with Gasteiger partial charge >= 0.3 is 0 Å². The second-order valence-corrected chi connectivity index (χ2v) is 8.03. The average molecular weight is 288 g/mol. The highest BCUT2D eigenvalue weighted by Gasteiger charge is 2.21. The third-order valence-electron chi connectivity index (χ3n) is 2.43. The van der Waals surface area contributed by atoms with Crippen LogP contribution in [0.2, 0.25) is 0 Å². The molecule has 0 saturated carbocycles. The van der Waals surface area contributed by atoms with Crippen molar-refractivity contribution >= 4 is 30.8 Å². The molecule has 0 aliphatic heterocycles. The molecule has 0 amide bonds. The summed E-state index contributed by atoms with van der Waals surface area (Å²) in [6.07, 6.45) is 0. The van der Waals surface area contributed by atoms with Crippen molar-refractivity contribution in [3.05, 3.63) is 29.7 Å². The molecule has 0 bridgehead atoms. The SMILES string of the molecule is CC(C)(C)c1nc2cc(CS(=O)(=O)Cl)ccc2o1. The summed E-state index contributed by atoms with van der Waals surface area (Å²) in [6, 6.07) is 5.09. The third-order valence-corrected chi connectivity index (χ3v) is 3.44. The maximum Gasteiger partial charge on any atom is 0.236 e. The smallest absolute Gasteiger partial charge is 0.236 e. The lowest BCUT2D eigenvalue weighted by Crippen LogP contribution is -2.10. The fourth-order valence-electron chi connectivity index (χ4n) is 1.58. The maximum atomic E-state index is 11.0. The molecule has 1 aromatic heterocycles. The Morgan fingerprint density at radius 1 is 1.33 bits per heavy atom. The van der Waals surface area contributed by atoms with Crippen molar-refractivity contribution < 1.29 is 12.8 Å². The minimum absolute atomic E-state index is 0.183. The van der Waals surface area contributed by atoms with E-state index >= 15 is 0 Å². The van der Waals surface area contributed by atoms with Crippen molar-refractivity contribution in [3.8, 4) is 0 Å². The van der Waals surface area contributed by atoms with Crippen LogP contribution in [0.3, 0.4) is 0 Å². The van der Waals surface area contributed by atoms with Crippen LogP contribution in [-0.2, 0) is 20.2 Å². The van der Waals surface area contributed by atoms with Gasteiger partial charge in [0.05, 0.1) is 5.75 Å². The standard InChI is InChI=1S/C12H14ClNO3S/c1-12(2,3)11-14-9-6-8(7-18(13,15)16)4-5-10(9)17-11/h4-6H,7H2,1-3H3. The Kier molecular flexibility index (Phi) is 3.15. The van der Waals surface area contributed by atoms with Gasteiger partial charge in [0.15, 0.2) is 5.58 Å². The van der Waals surface area contributed by atoms with Crippen LogP contribution in [0.15, 0.2) is 22.6 Å². The van der Waals surface area contributed by atoms with Gasteiger partial charge in [0.25, 0.3) is 0 Å². The molecular weight excluding hydrogens is 274 g/mol. The largest absolute Gasteiger partial charge is 0.440 e. The number of hydrogen-bond acceptors (Lipinski definition) is 4. The lowest BCUT2D eigenvalue weighted by atomic mass is 9.97. The van der Waals surface area contributed by atoms with Crippen LogP contribution in [-0.4, -0.2) is 13.4 Å². The number of aromatic nitrogens is 1. The molecule has 0 saturated heterocycles. The topological polar surface area (TPSA) is 60.2 Å². The summed E-state index contributed by atoms with van der Waals surface area (Å²) >= 11 is 0. The Morgan fingerprint density at radius 3 is 2.56 bits per heavy atom. The molecule has 0 fully saturated rings. The molecule has 0 radical (unpaired) electrons. The van der Waals surface area contributed by atoms with E-state index in [1.807, 2.05) is 20.8 Å². The van der Waals surface area contributed by atoms with Crippen LogP contribution < -0.4 is 0 Å². The molecule has 0 N–H and O–H groups in total. The molecule has 0 aliphatic carbocycles. The predicted molar refractivity (Wildman–Crippen MR) is 71.2 cm³/mol. The molecule has 18 heavy (non-hydrogen) atoms. The molecule has 0 atom stereocenters. The van der Waals surface area contributed by atoms with Crippen LogP contribution >= 0.6 is 10.7 Å². The normalized spacial score (nSPS) is 13.1.